The highest BCUT2D eigenvalue weighted by molar-refractivity contribution is 6.20. The molecule has 9 aromatic carbocycles. The Hall–Kier alpha value is -8.34. The highest BCUT2D eigenvalue weighted by Gasteiger charge is 2.19. The molecule has 0 atom stereocenters. The molecule has 0 amide bonds. The van der Waals surface area contributed by atoms with Gasteiger partial charge >= 0.3 is 0 Å². The quantitative estimate of drug-likeness (QED) is 0.163. The molecule has 0 fully saturated rings. The summed E-state index contributed by atoms with van der Waals surface area (Å²) in [4.78, 5) is 10.7. The maximum atomic E-state index is 5.39. The van der Waals surface area contributed by atoms with E-state index in [-0.39, 0.29) is 0 Å². The minimum atomic E-state index is 0.929. The predicted octanol–water partition coefficient (Wildman–Crippen LogP) is 15.1. The number of aromatic nitrogens is 4. The monoisotopic (exact) mass is 788 g/mol. The Bertz CT molecular complexity index is 3670. The van der Waals surface area contributed by atoms with Gasteiger partial charge in [0.25, 0.3) is 0 Å². The standard InChI is InChI=1S/C58H36N4/c1-2-14-38(15-3-1)50-33-31-40-30-32-49-44-16-4-9-21-51(44)60-58(56(49)57(40)59-50)39-28-26-37(27-29-39)41-34-42(61-52-22-10-5-17-45(52)46-18-6-11-23-53(46)61)36-43(35-41)62-54-24-12-7-19-47(54)48-20-8-13-25-55(48)62/h1-36H. The van der Waals surface area contributed by atoms with Gasteiger partial charge in [-0.2, -0.15) is 0 Å². The zero-order valence-corrected chi connectivity index (χ0v) is 33.6. The molecule has 0 aliphatic carbocycles. The Morgan fingerprint density at radius 3 is 1.37 bits per heavy atom. The number of benzene rings is 9. The van der Waals surface area contributed by atoms with Crippen LogP contribution in [-0.2, 0) is 0 Å². The van der Waals surface area contributed by atoms with Crippen LogP contribution in [0, 0.1) is 0 Å². The minimum absolute atomic E-state index is 0.929. The van der Waals surface area contributed by atoms with Gasteiger partial charge in [-0.1, -0.05) is 164 Å². The Kier molecular flexibility index (Phi) is 7.57. The van der Waals surface area contributed by atoms with Crippen LogP contribution in [-0.4, -0.2) is 19.1 Å². The summed E-state index contributed by atoms with van der Waals surface area (Å²) in [5, 5.41) is 9.38. The number of hydrogen-bond acceptors (Lipinski definition) is 2. The molecule has 0 bridgehead atoms. The summed E-state index contributed by atoms with van der Waals surface area (Å²) in [6, 6.07) is 78.6. The van der Waals surface area contributed by atoms with Crippen molar-refractivity contribution < 1.29 is 0 Å². The fraction of sp³-hybridized carbons (Fsp3) is 0. The van der Waals surface area contributed by atoms with E-state index in [0.717, 1.165) is 77.6 Å². The van der Waals surface area contributed by atoms with Gasteiger partial charge in [0.1, 0.15) is 0 Å². The lowest BCUT2D eigenvalue weighted by Gasteiger charge is -2.16. The third-order valence-corrected chi connectivity index (χ3v) is 12.7. The second kappa shape index (κ2) is 13.6. The SMILES string of the molecule is c1ccc(-c2ccc3ccc4c5ccccc5nc(-c5ccc(-c6cc(-n7c8ccccc8c8ccccc87)cc(-n7c8ccccc8c8ccccc87)c6)cc5)c4c3n2)cc1. The highest BCUT2D eigenvalue weighted by atomic mass is 15.0. The van der Waals surface area contributed by atoms with Crippen LogP contribution >= 0.6 is 0 Å². The molecule has 4 heteroatoms. The average molecular weight is 789 g/mol. The van der Waals surface area contributed by atoms with Gasteiger partial charge < -0.3 is 9.13 Å². The first-order chi connectivity index (χ1) is 30.7. The molecule has 0 saturated carbocycles. The van der Waals surface area contributed by atoms with Crippen LogP contribution < -0.4 is 0 Å². The summed E-state index contributed by atoms with van der Waals surface area (Å²) >= 11 is 0. The number of fused-ring (bicyclic) bond motifs is 11. The molecule has 0 aliphatic rings. The van der Waals surface area contributed by atoms with Crippen LogP contribution in [0.5, 0.6) is 0 Å². The van der Waals surface area contributed by atoms with Crippen LogP contribution in [0.15, 0.2) is 218 Å². The molecule has 0 aliphatic heterocycles. The fourth-order valence-electron chi connectivity index (χ4n) is 9.85. The highest BCUT2D eigenvalue weighted by Crippen LogP contribution is 2.41. The summed E-state index contributed by atoms with van der Waals surface area (Å²) in [5.41, 5.74) is 15.1. The van der Waals surface area contributed by atoms with Crippen molar-refractivity contribution in [3.8, 4) is 45.0 Å². The first-order valence-electron chi connectivity index (χ1n) is 21.2. The molecule has 62 heavy (non-hydrogen) atoms. The summed E-state index contributed by atoms with van der Waals surface area (Å²) in [6.45, 7) is 0. The van der Waals surface area contributed by atoms with Crippen LogP contribution in [0.4, 0.5) is 0 Å². The molecule has 0 saturated heterocycles. The van der Waals surface area contributed by atoms with E-state index in [1.165, 1.54) is 43.6 Å². The molecular formula is C58H36N4. The first-order valence-corrected chi connectivity index (χ1v) is 21.2. The second-order valence-corrected chi connectivity index (χ2v) is 16.2. The largest absolute Gasteiger partial charge is 0.309 e. The lowest BCUT2D eigenvalue weighted by molar-refractivity contribution is 1.13. The predicted molar refractivity (Wildman–Crippen MR) is 260 cm³/mol. The second-order valence-electron chi connectivity index (χ2n) is 16.2. The van der Waals surface area contributed by atoms with Gasteiger partial charge in [0.2, 0.25) is 0 Å². The first kappa shape index (κ1) is 34.5. The minimum Gasteiger partial charge on any atom is -0.309 e. The average Bonchev–Trinajstić information content (AvgIpc) is 3.87. The van der Waals surface area contributed by atoms with Gasteiger partial charge in [-0.3, -0.25) is 0 Å². The molecule has 0 spiro atoms. The number of pyridine rings is 2. The number of rotatable bonds is 5. The third-order valence-electron chi connectivity index (χ3n) is 12.7. The number of para-hydroxylation sites is 5. The molecule has 13 aromatic rings. The van der Waals surface area contributed by atoms with Gasteiger partial charge in [0.15, 0.2) is 0 Å². The Morgan fingerprint density at radius 1 is 0.306 bits per heavy atom. The molecule has 4 nitrogen and oxygen atoms in total. The van der Waals surface area contributed by atoms with Crippen molar-refractivity contribution in [2.24, 2.45) is 0 Å². The smallest absolute Gasteiger partial charge is 0.0810 e. The third kappa shape index (κ3) is 5.27. The van der Waals surface area contributed by atoms with Gasteiger partial charge in [0, 0.05) is 60.2 Å². The van der Waals surface area contributed by atoms with Crippen LogP contribution in [0.1, 0.15) is 0 Å². The zero-order valence-electron chi connectivity index (χ0n) is 33.6. The van der Waals surface area contributed by atoms with Crippen LogP contribution in [0.3, 0.4) is 0 Å². The van der Waals surface area contributed by atoms with E-state index in [9.17, 15) is 0 Å². The Balaban J connectivity index is 1.04. The molecule has 0 unspecified atom stereocenters. The summed E-state index contributed by atoms with van der Waals surface area (Å²) in [6.07, 6.45) is 0. The van der Waals surface area contributed by atoms with Crippen molar-refractivity contribution in [1.29, 1.82) is 0 Å². The van der Waals surface area contributed by atoms with E-state index in [1.54, 1.807) is 0 Å². The van der Waals surface area contributed by atoms with E-state index in [2.05, 4.69) is 221 Å². The maximum absolute atomic E-state index is 5.39. The zero-order chi connectivity index (χ0) is 40.7. The van der Waals surface area contributed by atoms with Crippen LogP contribution in [0.2, 0.25) is 0 Å². The Morgan fingerprint density at radius 2 is 0.790 bits per heavy atom. The Labute approximate surface area is 357 Å². The summed E-state index contributed by atoms with van der Waals surface area (Å²) in [5.74, 6) is 0. The van der Waals surface area contributed by atoms with Crippen LogP contribution in [0.25, 0.3) is 121 Å². The van der Waals surface area contributed by atoms with Gasteiger partial charge in [0.05, 0.1) is 44.5 Å². The molecule has 4 heterocycles. The lowest BCUT2D eigenvalue weighted by atomic mass is 9.95. The topological polar surface area (TPSA) is 35.6 Å². The number of nitrogens with zero attached hydrogens (tertiary/aromatic N) is 4. The van der Waals surface area contributed by atoms with Crippen molar-refractivity contribution in [2.75, 3.05) is 0 Å². The van der Waals surface area contributed by atoms with Crippen molar-refractivity contribution in [2.45, 2.75) is 0 Å². The molecular weight excluding hydrogens is 753 g/mol. The van der Waals surface area contributed by atoms with Crippen molar-refractivity contribution in [1.82, 2.24) is 19.1 Å². The van der Waals surface area contributed by atoms with E-state index >= 15 is 0 Å². The van der Waals surface area contributed by atoms with Gasteiger partial charge in [-0.15, -0.1) is 0 Å². The molecule has 13 rings (SSSR count). The molecule has 0 N–H and O–H groups in total. The maximum Gasteiger partial charge on any atom is 0.0810 e. The summed E-state index contributed by atoms with van der Waals surface area (Å²) in [7, 11) is 0. The normalized spacial score (nSPS) is 11.9. The number of hydrogen-bond donors (Lipinski definition) is 0. The van der Waals surface area contributed by atoms with E-state index in [1.807, 2.05) is 6.07 Å². The van der Waals surface area contributed by atoms with Gasteiger partial charge in [-0.05, 0) is 71.1 Å². The molecule has 0 radical (unpaired) electrons. The van der Waals surface area contributed by atoms with E-state index in [0.29, 0.717) is 0 Å². The van der Waals surface area contributed by atoms with Crippen molar-refractivity contribution in [3.05, 3.63) is 218 Å². The van der Waals surface area contributed by atoms with Crippen molar-refractivity contribution in [3.63, 3.8) is 0 Å². The lowest BCUT2D eigenvalue weighted by Crippen LogP contribution is -2.00. The fourth-order valence-corrected chi connectivity index (χ4v) is 9.85. The molecule has 4 aromatic heterocycles. The van der Waals surface area contributed by atoms with E-state index in [4.69, 9.17) is 9.97 Å². The summed E-state index contributed by atoms with van der Waals surface area (Å²) < 4.78 is 4.85. The molecule has 288 valence electrons. The van der Waals surface area contributed by atoms with Gasteiger partial charge in [-0.25, -0.2) is 9.97 Å². The van der Waals surface area contributed by atoms with Crippen molar-refractivity contribution >= 4 is 76.2 Å². The van der Waals surface area contributed by atoms with E-state index < -0.39 is 0 Å².